The van der Waals surface area contributed by atoms with Crippen molar-refractivity contribution in [1.82, 2.24) is 0 Å². The molecule has 0 fully saturated rings. The second kappa shape index (κ2) is 15.9. The van der Waals surface area contributed by atoms with E-state index in [0.29, 0.717) is 6.42 Å². The standard InChI is InChI=1S/C27H43FN2/c1-5-7-11-23(16-17-30-21-25(20-29)10-6-2)12-8-9-13-24-14-15-26(18-22(3)4)27(28)19-24/h14-15,19-21,23H,3,5-13,16-18,29H2,1-2,4H3/b25-20-,30-21?. The van der Waals surface area contributed by atoms with Crippen LogP contribution in [-0.2, 0) is 12.8 Å². The third-order valence-electron chi connectivity index (χ3n) is 5.58. The maximum Gasteiger partial charge on any atom is 0.126 e. The minimum atomic E-state index is -0.0943. The van der Waals surface area contributed by atoms with Gasteiger partial charge < -0.3 is 5.73 Å². The molecular formula is C27H43FN2. The van der Waals surface area contributed by atoms with E-state index in [1.54, 1.807) is 12.3 Å². The number of unbranched alkanes of at least 4 members (excludes halogenated alkanes) is 2. The van der Waals surface area contributed by atoms with E-state index in [4.69, 9.17) is 5.73 Å². The predicted octanol–water partition coefficient (Wildman–Crippen LogP) is 7.57. The van der Waals surface area contributed by atoms with Gasteiger partial charge in [-0.2, -0.15) is 0 Å². The van der Waals surface area contributed by atoms with Crippen molar-refractivity contribution in [3.63, 3.8) is 0 Å². The van der Waals surface area contributed by atoms with Gasteiger partial charge in [-0.15, -0.1) is 0 Å². The van der Waals surface area contributed by atoms with Gasteiger partial charge in [-0.05, 0) is 73.9 Å². The van der Waals surface area contributed by atoms with E-state index >= 15 is 0 Å². The van der Waals surface area contributed by atoms with Gasteiger partial charge in [0.15, 0.2) is 0 Å². The molecule has 0 aliphatic rings. The average molecular weight is 415 g/mol. The van der Waals surface area contributed by atoms with E-state index in [0.717, 1.165) is 66.8 Å². The molecule has 3 heteroatoms. The molecular weight excluding hydrogens is 371 g/mol. The highest BCUT2D eigenvalue weighted by Crippen LogP contribution is 2.21. The maximum atomic E-state index is 14.2. The van der Waals surface area contributed by atoms with Crippen LogP contribution in [0.5, 0.6) is 0 Å². The normalized spacial score (nSPS) is 13.1. The van der Waals surface area contributed by atoms with Crippen LogP contribution < -0.4 is 5.73 Å². The highest BCUT2D eigenvalue weighted by molar-refractivity contribution is 5.78. The lowest BCUT2D eigenvalue weighted by atomic mass is 9.92. The summed E-state index contributed by atoms with van der Waals surface area (Å²) in [6, 6.07) is 5.70. The number of hydrogen-bond acceptors (Lipinski definition) is 2. The zero-order chi connectivity index (χ0) is 22.2. The number of hydrogen-bond donors (Lipinski definition) is 1. The monoisotopic (exact) mass is 414 g/mol. The Balaban J connectivity index is 2.42. The van der Waals surface area contributed by atoms with Crippen molar-refractivity contribution >= 4 is 6.21 Å². The summed E-state index contributed by atoms with van der Waals surface area (Å²) in [5.41, 5.74) is 9.62. The molecule has 30 heavy (non-hydrogen) atoms. The van der Waals surface area contributed by atoms with E-state index in [1.807, 2.05) is 19.2 Å². The number of aliphatic imine (C=N–C) groups is 1. The number of nitrogens with zero attached hydrogens (tertiary/aromatic N) is 1. The van der Waals surface area contributed by atoms with Crippen LogP contribution in [-0.4, -0.2) is 12.8 Å². The fraction of sp³-hybridized carbons (Fsp3) is 0.593. The van der Waals surface area contributed by atoms with Gasteiger partial charge >= 0.3 is 0 Å². The molecule has 0 aliphatic heterocycles. The lowest BCUT2D eigenvalue weighted by Crippen LogP contribution is -2.04. The van der Waals surface area contributed by atoms with Crippen molar-refractivity contribution in [1.29, 1.82) is 0 Å². The van der Waals surface area contributed by atoms with E-state index < -0.39 is 0 Å². The third-order valence-corrected chi connectivity index (χ3v) is 5.58. The Labute approximate surface area is 184 Å². The number of aryl methyl sites for hydroxylation is 1. The van der Waals surface area contributed by atoms with Gasteiger partial charge in [0, 0.05) is 12.8 Å². The molecule has 1 unspecified atom stereocenters. The van der Waals surface area contributed by atoms with Crippen LogP contribution in [0.4, 0.5) is 4.39 Å². The summed E-state index contributed by atoms with van der Waals surface area (Å²) in [6.07, 6.45) is 15.8. The summed E-state index contributed by atoms with van der Waals surface area (Å²) >= 11 is 0. The zero-order valence-corrected chi connectivity index (χ0v) is 19.6. The molecule has 0 heterocycles. The number of rotatable bonds is 16. The predicted molar refractivity (Wildman–Crippen MR) is 131 cm³/mol. The van der Waals surface area contributed by atoms with Crippen LogP contribution in [0.15, 0.2) is 47.1 Å². The molecule has 1 aromatic carbocycles. The van der Waals surface area contributed by atoms with E-state index in [-0.39, 0.29) is 5.82 Å². The molecule has 1 rings (SSSR count). The largest absolute Gasteiger partial charge is 0.404 e. The van der Waals surface area contributed by atoms with Crippen molar-refractivity contribution in [2.45, 2.75) is 91.4 Å². The maximum absolute atomic E-state index is 14.2. The van der Waals surface area contributed by atoms with E-state index in [9.17, 15) is 4.39 Å². The van der Waals surface area contributed by atoms with E-state index in [1.165, 1.54) is 32.1 Å². The van der Waals surface area contributed by atoms with Crippen LogP contribution in [0.25, 0.3) is 0 Å². The fourth-order valence-corrected chi connectivity index (χ4v) is 3.82. The molecule has 0 spiro atoms. The Morgan fingerprint density at radius 1 is 1.13 bits per heavy atom. The number of halogens is 1. The first-order valence-electron chi connectivity index (χ1n) is 11.8. The van der Waals surface area contributed by atoms with Crippen molar-refractivity contribution in [2.75, 3.05) is 6.54 Å². The summed E-state index contributed by atoms with van der Waals surface area (Å²) in [7, 11) is 0. The molecule has 1 atom stereocenters. The summed E-state index contributed by atoms with van der Waals surface area (Å²) in [5.74, 6) is 0.636. The van der Waals surface area contributed by atoms with Gasteiger partial charge in [0.05, 0.1) is 0 Å². The first kappa shape index (κ1) is 26.1. The van der Waals surface area contributed by atoms with Crippen molar-refractivity contribution in [2.24, 2.45) is 16.6 Å². The third kappa shape index (κ3) is 11.3. The van der Waals surface area contributed by atoms with Crippen LogP contribution in [0.2, 0.25) is 0 Å². The van der Waals surface area contributed by atoms with Crippen LogP contribution >= 0.6 is 0 Å². The first-order valence-corrected chi connectivity index (χ1v) is 11.8. The molecule has 1 aromatic rings. The van der Waals surface area contributed by atoms with E-state index in [2.05, 4.69) is 31.5 Å². The Hall–Kier alpha value is -1.90. The SMILES string of the molecule is C=C(C)Cc1ccc(CCCCC(CCCC)CCN=C/C(=C\N)CCC)cc1F. The molecule has 0 bridgehead atoms. The number of nitrogens with two attached hydrogens (primary N) is 1. The summed E-state index contributed by atoms with van der Waals surface area (Å²) in [4.78, 5) is 4.60. The molecule has 0 saturated carbocycles. The topological polar surface area (TPSA) is 38.4 Å². The Kier molecular flexibility index (Phi) is 13.8. The molecule has 0 aromatic heterocycles. The summed E-state index contributed by atoms with van der Waals surface area (Å²) in [6.45, 7) is 11.1. The zero-order valence-electron chi connectivity index (χ0n) is 19.6. The van der Waals surface area contributed by atoms with Crippen LogP contribution in [0.3, 0.4) is 0 Å². The smallest absolute Gasteiger partial charge is 0.126 e. The molecule has 0 amide bonds. The Morgan fingerprint density at radius 2 is 1.90 bits per heavy atom. The second-order valence-electron chi connectivity index (χ2n) is 8.63. The molecule has 2 nitrogen and oxygen atoms in total. The van der Waals surface area contributed by atoms with Crippen LogP contribution in [0, 0.1) is 11.7 Å². The molecule has 168 valence electrons. The van der Waals surface area contributed by atoms with Crippen molar-refractivity contribution < 1.29 is 4.39 Å². The lowest BCUT2D eigenvalue weighted by molar-refractivity contribution is 0.396. The lowest BCUT2D eigenvalue weighted by Gasteiger charge is -2.15. The van der Waals surface area contributed by atoms with Gasteiger partial charge in [0.25, 0.3) is 0 Å². The van der Waals surface area contributed by atoms with Gasteiger partial charge in [-0.1, -0.05) is 76.7 Å². The Bertz CT molecular complexity index is 675. The van der Waals surface area contributed by atoms with Gasteiger partial charge in [0.2, 0.25) is 0 Å². The highest BCUT2D eigenvalue weighted by atomic mass is 19.1. The average Bonchev–Trinajstić information content (AvgIpc) is 2.72. The minimum Gasteiger partial charge on any atom is -0.404 e. The summed E-state index contributed by atoms with van der Waals surface area (Å²) < 4.78 is 14.2. The molecule has 0 aliphatic carbocycles. The quantitative estimate of drug-likeness (QED) is 0.169. The Morgan fingerprint density at radius 3 is 2.53 bits per heavy atom. The molecule has 0 saturated heterocycles. The molecule has 0 radical (unpaired) electrons. The van der Waals surface area contributed by atoms with Gasteiger partial charge in [0.1, 0.15) is 5.82 Å². The minimum absolute atomic E-state index is 0.0943. The van der Waals surface area contributed by atoms with Crippen molar-refractivity contribution in [3.8, 4) is 0 Å². The van der Waals surface area contributed by atoms with Gasteiger partial charge in [-0.3, -0.25) is 4.99 Å². The molecule has 2 N–H and O–H groups in total. The number of benzene rings is 1. The van der Waals surface area contributed by atoms with Crippen molar-refractivity contribution in [3.05, 3.63) is 59.1 Å². The highest BCUT2D eigenvalue weighted by Gasteiger charge is 2.09. The summed E-state index contributed by atoms with van der Waals surface area (Å²) in [5, 5.41) is 0. The van der Waals surface area contributed by atoms with Gasteiger partial charge in [-0.25, -0.2) is 4.39 Å². The first-order chi connectivity index (χ1) is 14.5. The van der Waals surface area contributed by atoms with Crippen LogP contribution in [0.1, 0.15) is 89.7 Å². The fourth-order valence-electron chi connectivity index (χ4n) is 3.82. The second-order valence-corrected chi connectivity index (χ2v) is 8.63. The number of allylic oxidation sites excluding steroid dienone is 2.